The van der Waals surface area contributed by atoms with E-state index < -0.39 is 0 Å². The van der Waals surface area contributed by atoms with Gasteiger partial charge in [-0.15, -0.1) is 11.3 Å². The molecular weight excluding hydrogens is 369 g/mol. The maximum Gasteiger partial charge on any atom is 0.261 e. The molecule has 2 nitrogen and oxygen atoms in total. The average Bonchev–Trinajstić information content (AvgIpc) is 2.75. The van der Waals surface area contributed by atoms with E-state index >= 15 is 0 Å². The Morgan fingerprint density at radius 2 is 2.05 bits per heavy atom. The van der Waals surface area contributed by atoms with Gasteiger partial charge >= 0.3 is 0 Å². The second-order valence-corrected chi connectivity index (χ2v) is 7.27. The lowest BCUT2D eigenvalue weighted by Gasteiger charge is -2.15. The van der Waals surface area contributed by atoms with Crippen molar-refractivity contribution >= 4 is 56.4 Å². The van der Waals surface area contributed by atoms with Gasteiger partial charge in [-0.1, -0.05) is 29.3 Å². The predicted molar refractivity (Wildman–Crippen MR) is 84.4 cm³/mol. The van der Waals surface area contributed by atoms with E-state index in [1.165, 1.54) is 11.3 Å². The van der Waals surface area contributed by atoms with Crippen LogP contribution in [-0.4, -0.2) is 5.91 Å². The summed E-state index contributed by atoms with van der Waals surface area (Å²) in [5.41, 5.74) is 0.843. The molecule has 0 aliphatic heterocycles. The molecule has 1 atom stereocenters. The third-order valence-corrected chi connectivity index (χ3v) is 4.76. The van der Waals surface area contributed by atoms with Gasteiger partial charge in [-0.3, -0.25) is 4.79 Å². The van der Waals surface area contributed by atoms with Crippen LogP contribution in [0.3, 0.4) is 0 Å². The first-order valence-corrected chi connectivity index (χ1v) is 7.85. The fourth-order valence-corrected chi connectivity index (χ4v) is 3.50. The number of hydrogen-bond donors (Lipinski definition) is 1. The van der Waals surface area contributed by atoms with Gasteiger partial charge in [-0.25, -0.2) is 0 Å². The SMILES string of the molecule is C[C@H](NC(=O)c1ccc(Br)s1)c1ccc(Cl)cc1Cl. The van der Waals surface area contributed by atoms with Crippen LogP contribution in [0.15, 0.2) is 34.1 Å². The van der Waals surface area contributed by atoms with E-state index in [9.17, 15) is 4.79 Å². The molecule has 1 amide bonds. The highest BCUT2D eigenvalue weighted by atomic mass is 79.9. The van der Waals surface area contributed by atoms with Crippen molar-refractivity contribution in [1.29, 1.82) is 0 Å². The molecule has 2 rings (SSSR count). The number of carbonyl (C=O) groups is 1. The van der Waals surface area contributed by atoms with Crippen molar-refractivity contribution in [1.82, 2.24) is 5.32 Å². The Bertz CT molecular complexity index is 614. The van der Waals surface area contributed by atoms with Crippen LogP contribution >= 0.6 is 50.5 Å². The van der Waals surface area contributed by atoms with Gasteiger partial charge in [0.1, 0.15) is 0 Å². The Morgan fingerprint density at radius 3 is 2.63 bits per heavy atom. The van der Waals surface area contributed by atoms with Crippen LogP contribution in [0.5, 0.6) is 0 Å². The zero-order valence-corrected chi connectivity index (χ0v) is 13.8. The van der Waals surface area contributed by atoms with Gasteiger partial charge in [0.15, 0.2) is 0 Å². The summed E-state index contributed by atoms with van der Waals surface area (Å²) < 4.78 is 0.926. The summed E-state index contributed by atoms with van der Waals surface area (Å²) in [5, 5.41) is 4.04. The van der Waals surface area contributed by atoms with E-state index in [-0.39, 0.29) is 11.9 Å². The molecule has 0 saturated heterocycles. The molecule has 1 aromatic heterocycles. The molecule has 0 aliphatic rings. The van der Waals surface area contributed by atoms with Crippen LogP contribution in [0, 0.1) is 0 Å². The summed E-state index contributed by atoms with van der Waals surface area (Å²) in [6.07, 6.45) is 0. The van der Waals surface area contributed by atoms with Gasteiger partial charge in [0.05, 0.1) is 14.7 Å². The highest BCUT2D eigenvalue weighted by Crippen LogP contribution is 2.27. The Morgan fingerprint density at radius 1 is 1.32 bits per heavy atom. The number of thiophene rings is 1. The Balaban J connectivity index is 2.12. The molecule has 0 unspecified atom stereocenters. The smallest absolute Gasteiger partial charge is 0.261 e. The largest absolute Gasteiger partial charge is 0.345 e. The van der Waals surface area contributed by atoms with E-state index in [0.717, 1.165) is 9.35 Å². The maximum atomic E-state index is 12.0. The third-order valence-electron chi connectivity index (χ3n) is 2.57. The zero-order valence-electron chi connectivity index (χ0n) is 9.91. The molecule has 100 valence electrons. The van der Waals surface area contributed by atoms with Gasteiger partial charge < -0.3 is 5.32 Å². The molecule has 2 aromatic rings. The van der Waals surface area contributed by atoms with Gasteiger partial charge in [0.2, 0.25) is 0 Å². The van der Waals surface area contributed by atoms with Crippen LogP contribution in [0.4, 0.5) is 0 Å². The number of halogens is 3. The standard InChI is InChI=1S/C13H10BrCl2NOS/c1-7(9-3-2-8(15)6-10(9)16)17-13(18)11-4-5-12(14)19-11/h2-7H,1H3,(H,17,18)/t7-/m0/s1. The quantitative estimate of drug-likeness (QED) is 0.770. The van der Waals surface area contributed by atoms with Crippen LogP contribution < -0.4 is 5.32 Å². The number of rotatable bonds is 3. The van der Waals surface area contributed by atoms with E-state index in [4.69, 9.17) is 23.2 Å². The molecule has 0 saturated carbocycles. The predicted octanol–water partition coefficient (Wildman–Crippen LogP) is 5.31. The minimum Gasteiger partial charge on any atom is -0.345 e. The molecular formula is C13H10BrCl2NOS. The lowest BCUT2D eigenvalue weighted by Crippen LogP contribution is -2.26. The second kappa shape index (κ2) is 6.27. The topological polar surface area (TPSA) is 29.1 Å². The minimum atomic E-state index is -0.182. The third kappa shape index (κ3) is 3.72. The van der Waals surface area contributed by atoms with Crippen LogP contribution in [0.25, 0.3) is 0 Å². The summed E-state index contributed by atoms with van der Waals surface area (Å²) in [7, 11) is 0. The lowest BCUT2D eigenvalue weighted by molar-refractivity contribution is 0.0944. The monoisotopic (exact) mass is 377 g/mol. The summed E-state index contributed by atoms with van der Waals surface area (Å²) in [6, 6.07) is 8.69. The van der Waals surface area contributed by atoms with Crippen molar-refractivity contribution in [2.75, 3.05) is 0 Å². The van der Waals surface area contributed by atoms with Crippen molar-refractivity contribution in [3.05, 3.63) is 54.6 Å². The molecule has 0 fully saturated rings. The average molecular weight is 379 g/mol. The highest BCUT2D eigenvalue weighted by molar-refractivity contribution is 9.11. The van der Waals surface area contributed by atoms with Crippen molar-refractivity contribution in [3.63, 3.8) is 0 Å². The first-order chi connectivity index (χ1) is 8.97. The molecule has 0 spiro atoms. The van der Waals surface area contributed by atoms with Gasteiger partial charge in [0, 0.05) is 10.0 Å². The number of hydrogen-bond acceptors (Lipinski definition) is 2. The molecule has 6 heteroatoms. The molecule has 1 heterocycles. The summed E-state index contributed by atoms with van der Waals surface area (Å²) >= 11 is 16.7. The molecule has 1 aromatic carbocycles. The number of carbonyl (C=O) groups excluding carboxylic acids is 1. The van der Waals surface area contributed by atoms with Gasteiger partial charge in [0.25, 0.3) is 5.91 Å². The first-order valence-electron chi connectivity index (χ1n) is 5.48. The van der Waals surface area contributed by atoms with E-state index in [2.05, 4.69) is 21.2 Å². The van der Waals surface area contributed by atoms with Crippen molar-refractivity contribution < 1.29 is 4.79 Å². The molecule has 1 N–H and O–H groups in total. The van der Waals surface area contributed by atoms with Gasteiger partial charge in [-0.2, -0.15) is 0 Å². The highest BCUT2D eigenvalue weighted by Gasteiger charge is 2.15. The number of amides is 1. The van der Waals surface area contributed by atoms with Gasteiger partial charge in [-0.05, 0) is 52.7 Å². The maximum absolute atomic E-state index is 12.0. The van der Waals surface area contributed by atoms with Crippen LogP contribution in [0.1, 0.15) is 28.2 Å². The lowest BCUT2D eigenvalue weighted by atomic mass is 10.1. The Kier molecular flexibility index (Phi) is 4.90. The van der Waals surface area contributed by atoms with Crippen LogP contribution in [0.2, 0.25) is 10.0 Å². The molecule has 0 bridgehead atoms. The number of benzene rings is 1. The molecule has 0 radical (unpaired) electrons. The zero-order chi connectivity index (χ0) is 14.0. The van der Waals surface area contributed by atoms with E-state index in [0.29, 0.717) is 14.9 Å². The summed E-state index contributed by atoms with van der Waals surface area (Å²) in [5.74, 6) is -0.116. The van der Waals surface area contributed by atoms with Crippen LogP contribution in [-0.2, 0) is 0 Å². The fourth-order valence-electron chi connectivity index (χ4n) is 1.63. The normalized spacial score (nSPS) is 12.2. The Labute approximate surface area is 133 Å². The summed E-state index contributed by atoms with van der Waals surface area (Å²) in [4.78, 5) is 12.7. The molecule has 19 heavy (non-hydrogen) atoms. The minimum absolute atomic E-state index is 0.116. The molecule has 0 aliphatic carbocycles. The first kappa shape index (κ1) is 14.9. The van der Waals surface area contributed by atoms with E-state index in [1.54, 1.807) is 18.2 Å². The van der Waals surface area contributed by atoms with E-state index in [1.807, 2.05) is 19.1 Å². The second-order valence-electron chi connectivity index (χ2n) is 3.96. The summed E-state index contributed by atoms with van der Waals surface area (Å²) in [6.45, 7) is 1.88. The fraction of sp³-hybridized carbons (Fsp3) is 0.154. The van der Waals surface area contributed by atoms with Crippen molar-refractivity contribution in [2.45, 2.75) is 13.0 Å². The van der Waals surface area contributed by atoms with Crippen molar-refractivity contribution in [2.24, 2.45) is 0 Å². The van der Waals surface area contributed by atoms with Crippen molar-refractivity contribution in [3.8, 4) is 0 Å². The number of nitrogens with one attached hydrogen (secondary N) is 1. The Hall–Kier alpha value is -0.550.